The SMILES string of the molecule is CCCCCN1CCN(C(=O)Nc2ccccc2C(F)(F)F)CC1. The van der Waals surface area contributed by atoms with Crippen LogP contribution in [0.1, 0.15) is 31.7 Å². The van der Waals surface area contributed by atoms with E-state index in [2.05, 4.69) is 17.1 Å². The molecule has 1 N–H and O–H groups in total. The van der Waals surface area contributed by atoms with Gasteiger partial charge in [0.2, 0.25) is 0 Å². The first kappa shape index (κ1) is 18.6. The van der Waals surface area contributed by atoms with Crippen LogP contribution in [0.3, 0.4) is 0 Å². The molecule has 1 aliphatic heterocycles. The van der Waals surface area contributed by atoms with E-state index >= 15 is 0 Å². The summed E-state index contributed by atoms with van der Waals surface area (Å²) in [7, 11) is 0. The van der Waals surface area contributed by atoms with Crippen molar-refractivity contribution in [1.82, 2.24) is 9.80 Å². The number of halogens is 3. The molecule has 1 aromatic carbocycles. The van der Waals surface area contributed by atoms with Gasteiger partial charge in [-0.2, -0.15) is 13.2 Å². The predicted octanol–water partition coefficient (Wildman–Crippen LogP) is 4.05. The van der Waals surface area contributed by atoms with Gasteiger partial charge in [0.25, 0.3) is 0 Å². The summed E-state index contributed by atoms with van der Waals surface area (Å²) in [6.45, 7) is 5.76. The van der Waals surface area contributed by atoms with E-state index in [4.69, 9.17) is 0 Å². The van der Waals surface area contributed by atoms with Crippen LogP contribution in [0.2, 0.25) is 0 Å². The monoisotopic (exact) mass is 343 g/mol. The number of carbonyl (C=O) groups is 1. The van der Waals surface area contributed by atoms with E-state index in [1.54, 1.807) is 4.90 Å². The molecular formula is C17H24F3N3O. The molecule has 0 bridgehead atoms. The molecule has 1 aromatic rings. The molecule has 1 heterocycles. The van der Waals surface area contributed by atoms with Gasteiger partial charge < -0.3 is 10.2 Å². The van der Waals surface area contributed by atoms with Gasteiger partial charge in [-0.1, -0.05) is 31.9 Å². The summed E-state index contributed by atoms with van der Waals surface area (Å²) >= 11 is 0. The minimum atomic E-state index is -4.48. The third kappa shape index (κ3) is 5.12. The van der Waals surface area contributed by atoms with Crippen molar-refractivity contribution in [2.45, 2.75) is 32.4 Å². The number of rotatable bonds is 5. The zero-order chi connectivity index (χ0) is 17.6. The highest BCUT2D eigenvalue weighted by Gasteiger charge is 2.34. The lowest BCUT2D eigenvalue weighted by Crippen LogP contribution is -2.50. The fraction of sp³-hybridized carbons (Fsp3) is 0.588. The third-order valence-electron chi connectivity index (χ3n) is 4.21. The molecule has 2 amide bonds. The standard InChI is InChI=1S/C17H24F3N3O/c1-2-3-6-9-22-10-12-23(13-11-22)16(24)21-15-8-5-4-7-14(15)17(18,19)20/h4-5,7-8H,2-3,6,9-13H2,1H3,(H,21,24). The van der Waals surface area contributed by atoms with Gasteiger partial charge in [0.1, 0.15) is 0 Å². The topological polar surface area (TPSA) is 35.6 Å². The Balaban J connectivity index is 1.89. The molecule has 0 unspecified atom stereocenters. The van der Waals surface area contributed by atoms with Crippen molar-refractivity contribution in [3.05, 3.63) is 29.8 Å². The van der Waals surface area contributed by atoms with Crippen LogP contribution in [0.4, 0.5) is 23.7 Å². The van der Waals surface area contributed by atoms with Crippen LogP contribution in [-0.2, 0) is 6.18 Å². The van der Waals surface area contributed by atoms with Crippen molar-refractivity contribution in [2.75, 3.05) is 38.0 Å². The molecule has 0 aliphatic carbocycles. The highest BCUT2D eigenvalue weighted by Crippen LogP contribution is 2.34. The van der Waals surface area contributed by atoms with Crippen LogP contribution in [0.15, 0.2) is 24.3 Å². The number of nitrogens with zero attached hydrogens (tertiary/aromatic N) is 2. The lowest BCUT2D eigenvalue weighted by atomic mass is 10.1. The zero-order valence-corrected chi connectivity index (χ0v) is 13.9. The van der Waals surface area contributed by atoms with Gasteiger partial charge in [-0.25, -0.2) is 4.79 Å². The Kier molecular flexibility index (Phi) is 6.48. The fourth-order valence-electron chi connectivity index (χ4n) is 2.79. The number of carbonyl (C=O) groups excluding carboxylic acids is 1. The van der Waals surface area contributed by atoms with Gasteiger partial charge >= 0.3 is 12.2 Å². The maximum atomic E-state index is 13.0. The van der Waals surface area contributed by atoms with E-state index in [9.17, 15) is 18.0 Å². The van der Waals surface area contributed by atoms with Crippen molar-refractivity contribution in [3.63, 3.8) is 0 Å². The first-order valence-corrected chi connectivity index (χ1v) is 8.36. The lowest BCUT2D eigenvalue weighted by Gasteiger charge is -2.34. The molecule has 1 saturated heterocycles. The number of hydrogen-bond donors (Lipinski definition) is 1. The summed E-state index contributed by atoms with van der Waals surface area (Å²) in [6, 6.07) is 4.58. The Morgan fingerprint density at radius 2 is 1.79 bits per heavy atom. The number of alkyl halides is 3. The second kappa shape index (κ2) is 8.37. The Labute approximate surface area is 140 Å². The molecule has 1 aliphatic rings. The molecule has 0 radical (unpaired) electrons. The van der Waals surface area contributed by atoms with E-state index < -0.39 is 17.8 Å². The third-order valence-corrected chi connectivity index (χ3v) is 4.21. The highest BCUT2D eigenvalue weighted by atomic mass is 19.4. The Morgan fingerprint density at radius 1 is 1.12 bits per heavy atom. The van der Waals surface area contributed by atoms with Gasteiger partial charge in [-0.3, -0.25) is 4.90 Å². The Morgan fingerprint density at radius 3 is 2.42 bits per heavy atom. The molecular weight excluding hydrogens is 319 g/mol. The number of amides is 2. The summed E-state index contributed by atoms with van der Waals surface area (Å²) in [5.41, 5.74) is -1.02. The molecule has 0 saturated carbocycles. The molecule has 0 aromatic heterocycles. The van der Waals surface area contributed by atoms with E-state index in [1.165, 1.54) is 31.0 Å². The van der Waals surface area contributed by atoms with Gasteiger partial charge in [0.15, 0.2) is 0 Å². The van der Waals surface area contributed by atoms with Crippen LogP contribution in [0, 0.1) is 0 Å². The molecule has 0 spiro atoms. The van der Waals surface area contributed by atoms with Crippen molar-refractivity contribution >= 4 is 11.7 Å². The van der Waals surface area contributed by atoms with Gasteiger partial charge in [0, 0.05) is 26.2 Å². The van der Waals surface area contributed by atoms with Crippen molar-refractivity contribution in [1.29, 1.82) is 0 Å². The maximum absolute atomic E-state index is 13.0. The summed E-state index contributed by atoms with van der Waals surface area (Å²) < 4.78 is 38.9. The number of nitrogens with one attached hydrogen (secondary N) is 1. The molecule has 2 rings (SSSR count). The summed E-state index contributed by atoms with van der Waals surface area (Å²) in [5.74, 6) is 0. The highest BCUT2D eigenvalue weighted by molar-refractivity contribution is 5.90. The number of benzene rings is 1. The maximum Gasteiger partial charge on any atom is 0.418 e. The van der Waals surface area contributed by atoms with Gasteiger partial charge in [0.05, 0.1) is 11.3 Å². The quantitative estimate of drug-likeness (QED) is 0.819. The largest absolute Gasteiger partial charge is 0.418 e. The zero-order valence-electron chi connectivity index (χ0n) is 13.9. The minimum Gasteiger partial charge on any atom is -0.322 e. The van der Waals surface area contributed by atoms with Crippen molar-refractivity contribution in [3.8, 4) is 0 Å². The molecule has 4 nitrogen and oxygen atoms in total. The lowest BCUT2D eigenvalue weighted by molar-refractivity contribution is -0.136. The van der Waals surface area contributed by atoms with Crippen LogP contribution in [0.5, 0.6) is 0 Å². The number of urea groups is 1. The summed E-state index contributed by atoms with van der Waals surface area (Å²) in [4.78, 5) is 16.1. The number of hydrogen-bond acceptors (Lipinski definition) is 2. The van der Waals surface area contributed by atoms with E-state index in [1.807, 2.05) is 0 Å². The summed E-state index contributed by atoms with van der Waals surface area (Å²) in [5, 5.41) is 2.40. The predicted molar refractivity (Wildman–Crippen MR) is 88.0 cm³/mol. The number of unbranched alkanes of at least 4 members (excludes halogenated alkanes) is 2. The molecule has 1 fully saturated rings. The molecule has 7 heteroatoms. The first-order valence-electron chi connectivity index (χ1n) is 8.36. The number of piperazine rings is 1. The Hall–Kier alpha value is -1.76. The van der Waals surface area contributed by atoms with Crippen molar-refractivity contribution in [2.24, 2.45) is 0 Å². The number of para-hydroxylation sites is 1. The molecule has 0 atom stereocenters. The number of anilines is 1. The van der Waals surface area contributed by atoms with Crippen LogP contribution >= 0.6 is 0 Å². The second-order valence-electron chi connectivity index (χ2n) is 6.01. The fourth-order valence-corrected chi connectivity index (χ4v) is 2.79. The molecule has 24 heavy (non-hydrogen) atoms. The second-order valence-corrected chi connectivity index (χ2v) is 6.01. The van der Waals surface area contributed by atoms with Crippen LogP contribution < -0.4 is 5.32 Å². The Bertz CT molecular complexity index is 540. The van der Waals surface area contributed by atoms with E-state index in [0.29, 0.717) is 13.1 Å². The minimum absolute atomic E-state index is 0.194. The van der Waals surface area contributed by atoms with E-state index in [-0.39, 0.29) is 5.69 Å². The molecule has 134 valence electrons. The average Bonchev–Trinajstić information content (AvgIpc) is 2.55. The van der Waals surface area contributed by atoms with Gasteiger partial charge in [-0.05, 0) is 25.1 Å². The van der Waals surface area contributed by atoms with Crippen LogP contribution in [-0.4, -0.2) is 48.6 Å². The first-order chi connectivity index (χ1) is 11.4. The van der Waals surface area contributed by atoms with E-state index in [0.717, 1.165) is 32.1 Å². The van der Waals surface area contributed by atoms with Crippen molar-refractivity contribution < 1.29 is 18.0 Å². The average molecular weight is 343 g/mol. The normalized spacial score (nSPS) is 16.2. The smallest absolute Gasteiger partial charge is 0.322 e. The van der Waals surface area contributed by atoms with Gasteiger partial charge in [-0.15, -0.1) is 0 Å². The van der Waals surface area contributed by atoms with Crippen LogP contribution in [0.25, 0.3) is 0 Å². The summed E-state index contributed by atoms with van der Waals surface area (Å²) in [6.07, 6.45) is -0.987.